The first-order valence-corrected chi connectivity index (χ1v) is 13.0. The van der Waals surface area contributed by atoms with Gasteiger partial charge in [-0.3, -0.25) is 14.9 Å². The molecule has 38 heavy (non-hydrogen) atoms. The zero-order valence-electron chi connectivity index (χ0n) is 20.6. The third-order valence-electron chi connectivity index (χ3n) is 5.45. The molecule has 1 aliphatic rings. The fraction of sp³-hybridized carbons (Fsp3) is 0.179. The Labute approximate surface area is 233 Å². The number of nitrogens with zero attached hydrogens (tertiary/aromatic N) is 1. The van der Waals surface area contributed by atoms with E-state index in [-0.39, 0.29) is 17.2 Å². The van der Waals surface area contributed by atoms with E-state index in [4.69, 9.17) is 25.8 Å². The average molecular weight is 600 g/mol. The lowest BCUT2D eigenvalue weighted by atomic mass is 10.1. The molecule has 0 atom stereocenters. The molecule has 1 heterocycles. The summed E-state index contributed by atoms with van der Waals surface area (Å²) in [7, 11) is 0. The van der Waals surface area contributed by atoms with Gasteiger partial charge in [0.25, 0.3) is 11.8 Å². The minimum Gasteiger partial charge on any atom is -0.494 e. The number of hydrogen-bond acceptors (Lipinski definition) is 6. The van der Waals surface area contributed by atoms with Crippen LogP contribution in [0.15, 0.2) is 70.7 Å². The van der Waals surface area contributed by atoms with Gasteiger partial charge in [-0.15, -0.1) is 0 Å². The van der Waals surface area contributed by atoms with Crippen molar-refractivity contribution in [3.63, 3.8) is 0 Å². The molecular weight excluding hydrogens is 576 g/mol. The Kier molecular flexibility index (Phi) is 8.70. The van der Waals surface area contributed by atoms with E-state index in [0.29, 0.717) is 41.7 Å². The van der Waals surface area contributed by atoms with Crippen molar-refractivity contribution >= 4 is 57.1 Å². The van der Waals surface area contributed by atoms with Gasteiger partial charge in [-0.25, -0.2) is 9.69 Å². The first-order chi connectivity index (χ1) is 18.3. The Morgan fingerprint density at radius 2 is 1.61 bits per heavy atom. The van der Waals surface area contributed by atoms with Crippen LogP contribution in [0.3, 0.4) is 0 Å². The first kappa shape index (κ1) is 27.2. The Hall–Kier alpha value is -3.82. The van der Waals surface area contributed by atoms with E-state index in [1.54, 1.807) is 36.4 Å². The standard InChI is InChI=1S/C28H24BrClN2O6/c1-3-36-21-11-9-20(10-12-21)32-27(34)22(26(33)31-28(32)35)13-18-14-23(30)25(24(15-18)37-4-2)38-16-17-5-7-19(29)8-6-17/h5-15H,3-4,16H2,1-2H3,(H,31,33,35)/b22-13+. The molecule has 0 unspecified atom stereocenters. The van der Waals surface area contributed by atoms with Crippen molar-refractivity contribution in [3.05, 3.63) is 86.9 Å². The van der Waals surface area contributed by atoms with Crippen molar-refractivity contribution in [3.8, 4) is 17.2 Å². The number of amides is 4. The second-order valence-corrected chi connectivity index (χ2v) is 9.39. The second kappa shape index (κ2) is 12.1. The normalized spacial score (nSPS) is 14.5. The Bertz CT molecular complexity index is 1390. The van der Waals surface area contributed by atoms with E-state index in [1.807, 2.05) is 38.1 Å². The number of urea groups is 1. The van der Waals surface area contributed by atoms with E-state index >= 15 is 0 Å². The summed E-state index contributed by atoms with van der Waals surface area (Å²) >= 11 is 9.94. The summed E-state index contributed by atoms with van der Waals surface area (Å²) in [4.78, 5) is 39.3. The molecule has 4 amide bonds. The molecule has 4 rings (SSSR count). The number of nitrogens with one attached hydrogen (secondary N) is 1. The highest BCUT2D eigenvalue weighted by Crippen LogP contribution is 2.38. The number of anilines is 1. The molecule has 1 N–H and O–H groups in total. The van der Waals surface area contributed by atoms with Crippen LogP contribution in [-0.2, 0) is 16.2 Å². The minimum atomic E-state index is -0.842. The Morgan fingerprint density at radius 3 is 2.26 bits per heavy atom. The summed E-state index contributed by atoms with van der Waals surface area (Å²) < 4.78 is 18.1. The maximum Gasteiger partial charge on any atom is 0.335 e. The van der Waals surface area contributed by atoms with Crippen LogP contribution in [0.25, 0.3) is 6.08 Å². The number of carbonyl (C=O) groups is 3. The minimum absolute atomic E-state index is 0.236. The summed E-state index contributed by atoms with van der Waals surface area (Å²) in [5, 5.41) is 2.45. The largest absolute Gasteiger partial charge is 0.494 e. The van der Waals surface area contributed by atoms with Crippen LogP contribution in [0.5, 0.6) is 17.2 Å². The molecule has 0 aromatic heterocycles. The highest BCUT2D eigenvalue weighted by molar-refractivity contribution is 9.10. The lowest BCUT2D eigenvalue weighted by Crippen LogP contribution is -2.54. The number of halogens is 2. The highest BCUT2D eigenvalue weighted by atomic mass is 79.9. The third-order valence-corrected chi connectivity index (χ3v) is 6.26. The van der Waals surface area contributed by atoms with Crippen molar-refractivity contribution in [2.24, 2.45) is 0 Å². The number of rotatable bonds is 9. The number of hydrogen-bond donors (Lipinski definition) is 1. The van der Waals surface area contributed by atoms with Crippen LogP contribution >= 0.6 is 27.5 Å². The number of barbiturate groups is 1. The average Bonchev–Trinajstić information content (AvgIpc) is 2.88. The Balaban J connectivity index is 1.63. The molecule has 196 valence electrons. The van der Waals surface area contributed by atoms with Crippen LogP contribution in [0.2, 0.25) is 5.02 Å². The SMILES string of the molecule is CCOc1ccc(N2C(=O)NC(=O)/C(=C\c3cc(Cl)c(OCc4ccc(Br)cc4)c(OCC)c3)C2=O)cc1. The molecule has 0 aliphatic carbocycles. The fourth-order valence-corrected chi connectivity index (χ4v) is 4.27. The van der Waals surface area contributed by atoms with Crippen LogP contribution in [0, 0.1) is 0 Å². The third kappa shape index (κ3) is 6.17. The predicted octanol–water partition coefficient (Wildman–Crippen LogP) is 6.15. The van der Waals surface area contributed by atoms with Gasteiger partial charge in [0, 0.05) is 4.47 Å². The molecule has 8 nitrogen and oxygen atoms in total. The zero-order chi connectivity index (χ0) is 27.2. The van der Waals surface area contributed by atoms with E-state index in [2.05, 4.69) is 21.2 Å². The summed E-state index contributed by atoms with van der Waals surface area (Å²) in [6.07, 6.45) is 1.36. The highest BCUT2D eigenvalue weighted by Gasteiger charge is 2.37. The van der Waals surface area contributed by atoms with Crippen molar-refractivity contribution in [2.45, 2.75) is 20.5 Å². The fourth-order valence-electron chi connectivity index (χ4n) is 3.73. The van der Waals surface area contributed by atoms with Gasteiger partial charge in [-0.05, 0) is 79.6 Å². The van der Waals surface area contributed by atoms with Gasteiger partial charge in [-0.1, -0.05) is 39.7 Å². The second-order valence-electron chi connectivity index (χ2n) is 8.06. The van der Waals surface area contributed by atoms with E-state index < -0.39 is 17.8 Å². The summed E-state index contributed by atoms with van der Waals surface area (Å²) in [6, 6.07) is 16.4. The molecule has 0 spiro atoms. The van der Waals surface area contributed by atoms with Crippen LogP contribution < -0.4 is 24.4 Å². The summed E-state index contributed by atoms with van der Waals surface area (Å²) in [5.41, 5.74) is 1.41. The molecule has 10 heteroatoms. The van der Waals surface area contributed by atoms with Gasteiger partial charge in [-0.2, -0.15) is 0 Å². The number of imide groups is 2. The van der Waals surface area contributed by atoms with Crippen LogP contribution in [0.4, 0.5) is 10.5 Å². The molecular formula is C28H24BrClN2O6. The van der Waals surface area contributed by atoms with E-state index in [9.17, 15) is 14.4 Å². The molecule has 0 saturated carbocycles. The van der Waals surface area contributed by atoms with Gasteiger partial charge in [0.1, 0.15) is 17.9 Å². The number of ether oxygens (including phenoxy) is 3. The maximum atomic E-state index is 13.3. The maximum absolute atomic E-state index is 13.3. The van der Waals surface area contributed by atoms with Crippen molar-refractivity contribution in [2.75, 3.05) is 18.1 Å². The van der Waals surface area contributed by atoms with E-state index in [1.165, 1.54) is 6.08 Å². The molecule has 0 bridgehead atoms. The van der Waals surface area contributed by atoms with Crippen molar-refractivity contribution in [1.29, 1.82) is 0 Å². The molecule has 0 radical (unpaired) electrons. The monoisotopic (exact) mass is 598 g/mol. The molecule has 3 aromatic rings. The van der Waals surface area contributed by atoms with Crippen LogP contribution in [0.1, 0.15) is 25.0 Å². The van der Waals surface area contributed by atoms with Gasteiger partial charge < -0.3 is 14.2 Å². The van der Waals surface area contributed by atoms with E-state index in [0.717, 1.165) is 14.9 Å². The predicted molar refractivity (Wildman–Crippen MR) is 148 cm³/mol. The van der Waals surface area contributed by atoms with Crippen LogP contribution in [-0.4, -0.2) is 31.1 Å². The number of carbonyl (C=O) groups excluding carboxylic acids is 3. The first-order valence-electron chi connectivity index (χ1n) is 11.8. The summed E-state index contributed by atoms with van der Waals surface area (Å²) in [5.74, 6) is -0.302. The van der Waals surface area contributed by atoms with Gasteiger partial charge >= 0.3 is 6.03 Å². The zero-order valence-corrected chi connectivity index (χ0v) is 23.0. The lowest BCUT2D eigenvalue weighted by molar-refractivity contribution is -0.122. The van der Waals surface area contributed by atoms with Gasteiger partial charge in [0.05, 0.1) is 23.9 Å². The topological polar surface area (TPSA) is 94.2 Å². The quantitative estimate of drug-likeness (QED) is 0.234. The lowest BCUT2D eigenvalue weighted by Gasteiger charge is -2.26. The molecule has 1 saturated heterocycles. The van der Waals surface area contributed by atoms with Gasteiger partial charge in [0.2, 0.25) is 0 Å². The van der Waals surface area contributed by atoms with Gasteiger partial charge in [0.15, 0.2) is 11.5 Å². The smallest absolute Gasteiger partial charge is 0.335 e. The van der Waals surface area contributed by atoms with Crippen molar-refractivity contribution < 1.29 is 28.6 Å². The molecule has 1 aliphatic heterocycles. The molecule has 3 aromatic carbocycles. The Morgan fingerprint density at radius 1 is 0.921 bits per heavy atom. The summed E-state index contributed by atoms with van der Waals surface area (Å²) in [6.45, 7) is 4.74. The van der Waals surface area contributed by atoms with Crippen molar-refractivity contribution in [1.82, 2.24) is 5.32 Å². The molecule has 1 fully saturated rings. The number of benzene rings is 3.